The maximum absolute atomic E-state index is 12.0. The fourth-order valence-electron chi connectivity index (χ4n) is 5.09. The molecule has 0 amide bonds. The van der Waals surface area contributed by atoms with E-state index < -0.39 is 11.3 Å². The number of hydrogen-bond donors (Lipinski definition) is 0. The second kappa shape index (κ2) is 9.19. The first-order valence-electron chi connectivity index (χ1n) is 11.9. The standard InChI is InChI=1S/C30H28O6/c1-18-11-13-30(2,14-12-21-24(33-3)8-5-19-6-9-28(32)36-29(19)21)23(15-18)22-16-20-7-10-27(31)35-25(20)17-26(22)34-4/h5-10,12,14-17,23H,11,13H2,1-4H3/t23-,30+/m1/s1. The van der Waals surface area contributed by atoms with Crippen molar-refractivity contribution < 1.29 is 18.3 Å². The molecule has 0 spiro atoms. The van der Waals surface area contributed by atoms with Crippen molar-refractivity contribution in [2.24, 2.45) is 5.41 Å². The molecular weight excluding hydrogens is 456 g/mol. The summed E-state index contributed by atoms with van der Waals surface area (Å²) < 4.78 is 22.3. The predicted molar refractivity (Wildman–Crippen MR) is 141 cm³/mol. The van der Waals surface area contributed by atoms with Crippen molar-refractivity contribution in [1.29, 1.82) is 0 Å². The topological polar surface area (TPSA) is 78.9 Å². The Morgan fingerprint density at radius 2 is 1.61 bits per heavy atom. The molecule has 0 saturated heterocycles. The van der Waals surface area contributed by atoms with Gasteiger partial charge >= 0.3 is 11.3 Å². The zero-order valence-corrected chi connectivity index (χ0v) is 20.8. The Balaban J connectivity index is 1.66. The van der Waals surface area contributed by atoms with E-state index in [0.717, 1.165) is 34.7 Å². The molecule has 2 aromatic carbocycles. The van der Waals surface area contributed by atoms with Gasteiger partial charge in [0, 0.05) is 40.5 Å². The largest absolute Gasteiger partial charge is 0.496 e. The molecule has 36 heavy (non-hydrogen) atoms. The minimum atomic E-state index is -0.404. The first-order valence-corrected chi connectivity index (χ1v) is 11.9. The van der Waals surface area contributed by atoms with Crippen LogP contribution in [0, 0.1) is 5.41 Å². The SMILES string of the molecule is COc1cc2oc(=O)ccc2cc1[C@H]1C=C(C)CC[C@@]1(C)C=Cc1c(OC)ccc2ccc(=O)oc12. The van der Waals surface area contributed by atoms with Gasteiger partial charge in [0.25, 0.3) is 0 Å². The fraction of sp³-hybridized carbons (Fsp3) is 0.267. The number of ether oxygens (including phenoxy) is 2. The Morgan fingerprint density at radius 1 is 0.917 bits per heavy atom. The summed E-state index contributed by atoms with van der Waals surface area (Å²) in [5, 5.41) is 1.67. The lowest BCUT2D eigenvalue weighted by Gasteiger charge is -2.38. The van der Waals surface area contributed by atoms with Gasteiger partial charge in [-0.1, -0.05) is 30.7 Å². The molecule has 6 nitrogen and oxygen atoms in total. The molecule has 5 rings (SSSR count). The summed E-state index contributed by atoms with van der Waals surface area (Å²) in [5.74, 6) is 1.30. The van der Waals surface area contributed by atoms with Crippen molar-refractivity contribution in [2.75, 3.05) is 14.2 Å². The molecule has 184 valence electrons. The van der Waals surface area contributed by atoms with E-state index in [1.54, 1.807) is 32.4 Å². The molecule has 0 saturated carbocycles. The molecule has 0 fully saturated rings. The molecule has 2 aromatic heterocycles. The second-order valence-electron chi connectivity index (χ2n) is 9.57. The molecule has 0 bridgehead atoms. The lowest BCUT2D eigenvalue weighted by Crippen LogP contribution is -2.26. The molecule has 0 aliphatic heterocycles. The Hall–Kier alpha value is -4.06. The van der Waals surface area contributed by atoms with Gasteiger partial charge in [-0.2, -0.15) is 0 Å². The predicted octanol–water partition coefficient (Wildman–Crippen LogP) is 6.46. The molecular formula is C30H28O6. The average Bonchev–Trinajstić information content (AvgIpc) is 2.88. The molecule has 2 heterocycles. The number of hydrogen-bond acceptors (Lipinski definition) is 6. The van der Waals surface area contributed by atoms with E-state index in [9.17, 15) is 9.59 Å². The van der Waals surface area contributed by atoms with Gasteiger partial charge in [-0.25, -0.2) is 9.59 Å². The molecule has 0 N–H and O–H groups in total. The number of benzene rings is 2. The molecule has 2 atom stereocenters. The highest BCUT2D eigenvalue weighted by atomic mass is 16.5. The van der Waals surface area contributed by atoms with Crippen LogP contribution < -0.4 is 20.7 Å². The highest BCUT2D eigenvalue weighted by molar-refractivity contribution is 5.88. The highest BCUT2D eigenvalue weighted by Gasteiger charge is 2.36. The molecule has 0 unspecified atom stereocenters. The maximum Gasteiger partial charge on any atom is 0.336 e. The van der Waals surface area contributed by atoms with Crippen molar-refractivity contribution in [1.82, 2.24) is 0 Å². The molecule has 1 aliphatic carbocycles. The fourth-order valence-corrected chi connectivity index (χ4v) is 5.09. The Morgan fingerprint density at radius 3 is 2.36 bits per heavy atom. The van der Waals surface area contributed by atoms with Gasteiger partial charge in [0.05, 0.1) is 19.8 Å². The third kappa shape index (κ3) is 4.24. The van der Waals surface area contributed by atoms with Gasteiger partial charge in [0.1, 0.15) is 22.7 Å². The van der Waals surface area contributed by atoms with Crippen molar-refractivity contribution in [2.45, 2.75) is 32.6 Å². The number of rotatable bonds is 5. The van der Waals surface area contributed by atoms with Gasteiger partial charge in [-0.15, -0.1) is 0 Å². The number of allylic oxidation sites excluding steroid dienone is 3. The van der Waals surface area contributed by atoms with Crippen LogP contribution in [-0.2, 0) is 0 Å². The van der Waals surface area contributed by atoms with Crippen molar-refractivity contribution in [3.05, 3.63) is 98.2 Å². The summed E-state index contributed by atoms with van der Waals surface area (Å²) in [6.07, 6.45) is 8.34. The summed E-state index contributed by atoms with van der Waals surface area (Å²) >= 11 is 0. The van der Waals surface area contributed by atoms with Crippen LogP contribution in [0.1, 0.15) is 43.7 Å². The smallest absolute Gasteiger partial charge is 0.336 e. The van der Waals surface area contributed by atoms with Crippen molar-refractivity contribution in [3.63, 3.8) is 0 Å². The maximum atomic E-state index is 12.0. The molecule has 0 radical (unpaired) electrons. The number of methoxy groups -OCH3 is 2. The summed E-state index contributed by atoms with van der Waals surface area (Å²) in [7, 11) is 3.23. The quantitative estimate of drug-likeness (QED) is 0.239. The van der Waals surface area contributed by atoms with Gasteiger partial charge in [0.15, 0.2) is 0 Å². The van der Waals surface area contributed by atoms with Crippen LogP contribution >= 0.6 is 0 Å². The van der Waals surface area contributed by atoms with Crippen LogP contribution in [0.15, 0.2) is 84.7 Å². The third-order valence-corrected chi connectivity index (χ3v) is 7.17. The summed E-state index contributed by atoms with van der Waals surface area (Å²) in [6.45, 7) is 4.37. The second-order valence-corrected chi connectivity index (χ2v) is 9.57. The first kappa shape index (κ1) is 23.7. The van der Waals surface area contributed by atoms with Crippen molar-refractivity contribution >= 4 is 28.0 Å². The monoisotopic (exact) mass is 484 g/mol. The summed E-state index contributed by atoms with van der Waals surface area (Å²) in [5.41, 5.74) is 2.96. The van der Waals surface area contributed by atoms with Crippen LogP contribution in [-0.4, -0.2) is 14.2 Å². The zero-order chi connectivity index (χ0) is 25.4. The van der Waals surface area contributed by atoms with Crippen LogP contribution in [0.5, 0.6) is 11.5 Å². The Kier molecular flexibility index (Phi) is 6.04. The van der Waals surface area contributed by atoms with Crippen LogP contribution in [0.4, 0.5) is 0 Å². The molecule has 4 aromatic rings. The normalized spacial score (nSPS) is 20.1. The van der Waals surface area contributed by atoms with E-state index in [2.05, 4.69) is 26.0 Å². The van der Waals surface area contributed by atoms with E-state index in [0.29, 0.717) is 22.7 Å². The first-order chi connectivity index (χ1) is 17.3. The highest BCUT2D eigenvalue weighted by Crippen LogP contribution is 2.50. The lowest BCUT2D eigenvalue weighted by atomic mass is 9.66. The van der Waals surface area contributed by atoms with Gasteiger partial charge in [-0.05, 0) is 55.5 Å². The summed E-state index contributed by atoms with van der Waals surface area (Å²) in [6, 6.07) is 14.0. The lowest BCUT2D eigenvalue weighted by molar-refractivity contribution is 0.322. The van der Waals surface area contributed by atoms with E-state index in [1.807, 2.05) is 24.3 Å². The van der Waals surface area contributed by atoms with E-state index in [-0.39, 0.29) is 11.3 Å². The molecule has 1 aliphatic rings. The van der Waals surface area contributed by atoms with E-state index in [4.69, 9.17) is 18.3 Å². The van der Waals surface area contributed by atoms with Crippen LogP contribution in [0.2, 0.25) is 0 Å². The Bertz CT molecular complexity index is 1640. The van der Waals surface area contributed by atoms with Gasteiger partial charge < -0.3 is 18.3 Å². The third-order valence-electron chi connectivity index (χ3n) is 7.17. The summed E-state index contributed by atoms with van der Waals surface area (Å²) in [4.78, 5) is 23.7. The van der Waals surface area contributed by atoms with E-state index >= 15 is 0 Å². The number of fused-ring (bicyclic) bond motifs is 2. The Labute approximate surface area is 208 Å². The average molecular weight is 485 g/mol. The minimum Gasteiger partial charge on any atom is -0.496 e. The molecule has 6 heteroatoms. The van der Waals surface area contributed by atoms with E-state index in [1.165, 1.54) is 17.7 Å². The van der Waals surface area contributed by atoms with Crippen LogP contribution in [0.3, 0.4) is 0 Å². The van der Waals surface area contributed by atoms with Gasteiger partial charge in [0.2, 0.25) is 0 Å². The van der Waals surface area contributed by atoms with Crippen molar-refractivity contribution in [3.8, 4) is 11.5 Å². The van der Waals surface area contributed by atoms with Crippen LogP contribution in [0.25, 0.3) is 28.0 Å². The minimum absolute atomic E-state index is 0.00163. The zero-order valence-electron chi connectivity index (χ0n) is 20.8. The van der Waals surface area contributed by atoms with Gasteiger partial charge in [-0.3, -0.25) is 0 Å².